The van der Waals surface area contributed by atoms with Crippen molar-refractivity contribution in [1.29, 1.82) is 0 Å². The largest absolute Gasteiger partial charge is 0.396 e. The van der Waals surface area contributed by atoms with Gasteiger partial charge in [0.2, 0.25) is 0 Å². The number of thioether (sulfide) groups is 1. The van der Waals surface area contributed by atoms with E-state index in [2.05, 4.69) is 10.2 Å². The number of hydrogen-bond donors (Lipinski definition) is 1. The number of nitrogens with zero attached hydrogens (tertiary/aromatic N) is 2. The molecule has 0 spiro atoms. The summed E-state index contributed by atoms with van der Waals surface area (Å²) >= 11 is 3.00. The molecule has 0 aliphatic heterocycles. The highest BCUT2D eigenvalue weighted by Gasteiger charge is 2.02. The Balaban J connectivity index is 2.02. The predicted octanol–water partition coefficient (Wildman–Crippen LogP) is 2.55. The number of nitrogen functional groups attached to an aromatic ring is 1. The van der Waals surface area contributed by atoms with E-state index in [1.54, 1.807) is 11.6 Å². The fourth-order valence-electron chi connectivity index (χ4n) is 1.03. The normalized spacial score (nSPS) is 10.5. The molecule has 0 bridgehead atoms. The number of benzene rings is 1. The fourth-order valence-corrected chi connectivity index (χ4v) is 2.46. The molecule has 3 nitrogen and oxygen atoms in total. The average molecular weight is 241 g/mol. The molecule has 2 N–H and O–H groups in total. The van der Waals surface area contributed by atoms with Crippen LogP contribution < -0.4 is 5.73 Å². The van der Waals surface area contributed by atoms with Gasteiger partial charge in [-0.05, 0) is 17.7 Å². The van der Waals surface area contributed by atoms with Gasteiger partial charge in [0.25, 0.3) is 0 Å². The van der Waals surface area contributed by atoms with Gasteiger partial charge in [-0.25, -0.2) is 4.39 Å². The fraction of sp³-hybridized carbons (Fsp3) is 0.111. The summed E-state index contributed by atoms with van der Waals surface area (Å²) in [6, 6.07) is 4.83. The van der Waals surface area contributed by atoms with Crippen LogP contribution in [-0.4, -0.2) is 10.2 Å². The van der Waals surface area contributed by atoms with Crippen molar-refractivity contribution in [1.82, 2.24) is 10.2 Å². The summed E-state index contributed by atoms with van der Waals surface area (Å²) in [4.78, 5) is 0. The quantitative estimate of drug-likeness (QED) is 0.662. The molecule has 0 fully saturated rings. The van der Waals surface area contributed by atoms with Gasteiger partial charge in [0, 0.05) is 5.75 Å². The van der Waals surface area contributed by atoms with Crippen LogP contribution in [0.4, 0.5) is 10.1 Å². The molecule has 1 aromatic carbocycles. The van der Waals surface area contributed by atoms with Crippen LogP contribution in [0.3, 0.4) is 0 Å². The highest BCUT2D eigenvalue weighted by molar-refractivity contribution is 8.00. The maximum absolute atomic E-state index is 13.1. The summed E-state index contributed by atoms with van der Waals surface area (Å²) in [6.07, 6.45) is 0. The smallest absolute Gasteiger partial charge is 0.174 e. The van der Waals surface area contributed by atoms with Crippen LogP contribution in [0.5, 0.6) is 0 Å². The van der Waals surface area contributed by atoms with Crippen LogP contribution in [0.2, 0.25) is 0 Å². The summed E-state index contributed by atoms with van der Waals surface area (Å²) < 4.78 is 14.0. The average Bonchev–Trinajstić information content (AvgIpc) is 2.73. The van der Waals surface area contributed by atoms with Crippen molar-refractivity contribution in [3.8, 4) is 0 Å². The Morgan fingerprint density at radius 1 is 1.47 bits per heavy atom. The van der Waals surface area contributed by atoms with Gasteiger partial charge in [-0.3, -0.25) is 0 Å². The molecule has 0 unspecified atom stereocenters. The molecule has 0 atom stereocenters. The molecule has 15 heavy (non-hydrogen) atoms. The van der Waals surface area contributed by atoms with Crippen molar-refractivity contribution >= 4 is 28.8 Å². The van der Waals surface area contributed by atoms with E-state index in [0.717, 1.165) is 9.90 Å². The van der Waals surface area contributed by atoms with Crippen molar-refractivity contribution in [2.45, 2.75) is 10.1 Å². The second-order valence-electron chi connectivity index (χ2n) is 2.85. The van der Waals surface area contributed by atoms with E-state index in [-0.39, 0.29) is 11.5 Å². The third-order valence-corrected chi connectivity index (χ3v) is 3.70. The first-order valence-corrected chi connectivity index (χ1v) is 6.05. The van der Waals surface area contributed by atoms with Crippen LogP contribution >= 0.6 is 23.1 Å². The topological polar surface area (TPSA) is 51.8 Å². The van der Waals surface area contributed by atoms with Crippen LogP contribution in [0.25, 0.3) is 0 Å². The van der Waals surface area contributed by atoms with Crippen LogP contribution in [0, 0.1) is 5.82 Å². The third-order valence-electron chi connectivity index (χ3n) is 1.77. The SMILES string of the molecule is Nc1ccc(CSc2nncs2)cc1F. The lowest BCUT2D eigenvalue weighted by atomic mass is 10.2. The molecular formula is C9H8FN3S2. The van der Waals surface area contributed by atoms with Crippen molar-refractivity contribution in [3.63, 3.8) is 0 Å². The molecule has 0 aliphatic rings. The van der Waals surface area contributed by atoms with Gasteiger partial charge in [0.15, 0.2) is 4.34 Å². The molecule has 1 aromatic heterocycles. The Morgan fingerprint density at radius 2 is 2.33 bits per heavy atom. The van der Waals surface area contributed by atoms with Gasteiger partial charge >= 0.3 is 0 Å². The van der Waals surface area contributed by atoms with Gasteiger partial charge in [-0.1, -0.05) is 29.2 Å². The molecule has 0 radical (unpaired) electrons. The first kappa shape index (κ1) is 10.4. The van der Waals surface area contributed by atoms with Crippen LogP contribution in [0.15, 0.2) is 28.0 Å². The number of nitrogens with two attached hydrogens (primary N) is 1. The minimum atomic E-state index is -0.370. The van der Waals surface area contributed by atoms with Crippen molar-refractivity contribution < 1.29 is 4.39 Å². The van der Waals surface area contributed by atoms with E-state index >= 15 is 0 Å². The number of rotatable bonds is 3. The van der Waals surface area contributed by atoms with Gasteiger partial charge in [-0.2, -0.15) is 0 Å². The summed E-state index contributed by atoms with van der Waals surface area (Å²) in [6.45, 7) is 0. The lowest BCUT2D eigenvalue weighted by molar-refractivity contribution is 0.631. The van der Waals surface area contributed by atoms with Crippen molar-refractivity contribution in [3.05, 3.63) is 35.1 Å². The zero-order valence-corrected chi connectivity index (χ0v) is 9.32. The molecule has 0 aliphatic carbocycles. The molecule has 2 rings (SSSR count). The van der Waals surface area contributed by atoms with Gasteiger partial charge in [0.1, 0.15) is 11.3 Å². The number of aromatic nitrogens is 2. The summed E-state index contributed by atoms with van der Waals surface area (Å²) in [5, 5.41) is 7.60. The molecule has 0 saturated heterocycles. The van der Waals surface area contributed by atoms with E-state index in [1.165, 1.54) is 29.2 Å². The highest BCUT2D eigenvalue weighted by atomic mass is 32.2. The number of hydrogen-bond acceptors (Lipinski definition) is 5. The van der Waals surface area contributed by atoms with Crippen molar-refractivity contribution in [2.75, 3.05) is 5.73 Å². The molecule has 0 amide bonds. The zero-order chi connectivity index (χ0) is 10.7. The molecule has 78 valence electrons. The Labute approximate surface area is 94.5 Å². The Hall–Kier alpha value is -1.14. The summed E-state index contributed by atoms with van der Waals surface area (Å²) in [5.41, 5.74) is 8.12. The maximum Gasteiger partial charge on any atom is 0.174 e. The second kappa shape index (κ2) is 4.59. The highest BCUT2D eigenvalue weighted by Crippen LogP contribution is 2.24. The first-order chi connectivity index (χ1) is 7.25. The van der Waals surface area contributed by atoms with E-state index in [1.807, 2.05) is 6.07 Å². The lowest BCUT2D eigenvalue weighted by Crippen LogP contribution is -1.91. The Morgan fingerprint density at radius 3 is 3.00 bits per heavy atom. The van der Waals surface area contributed by atoms with Gasteiger partial charge in [0.05, 0.1) is 5.69 Å². The standard InChI is InChI=1S/C9H8FN3S2/c10-7-3-6(1-2-8(7)11)4-14-9-13-12-5-15-9/h1-3,5H,4,11H2. The number of halogens is 1. The Bertz CT molecular complexity index is 445. The van der Waals surface area contributed by atoms with Crippen molar-refractivity contribution in [2.24, 2.45) is 0 Å². The lowest BCUT2D eigenvalue weighted by Gasteiger charge is -2.00. The van der Waals surface area contributed by atoms with Crippen LogP contribution in [0.1, 0.15) is 5.56 Å². The monoisotopic (exact) mass is 241 g/mol. The Kier molecular flexibility index (Phi) is 3.17. The molecule has 0 saturated carbocycles. The predicted molar refractivity (Wildman–Crippen MR) is 60.3 cm³/mol. The van der Waals surface area contributed by atoms with Gasteiger partial charge < -0.3 is 5.73 Å². The van der Waals surface area contributed by atoms with E-state index in [9.17, 15) is 4.39 Å². The summed E-state index contributed by atoms with van der Waals surface area (Å²) in [7, 11) is 0. The summed E-state index contributed by atoms with van der Waals surface area (Å²) in [5.74, 6) is 0.303. The molecular weight excluding hydrogens is 233 g/mol. The van der Waals surface area contributed by atoms with E-state index < -0.39 is 0 Å². The van der Waals surface area contributed by atoms with E-state index in [4.69, 9.17) is 5.73 Å². The number of anilines is 1. The minimum absolute atomic E-state index is 0.180. The van der Waals surface area contributed by atoms with Gasteiger partial charge in [-0.15, -0.1) is 10.2 Å². The maximum atomic E-state index is 13.1. The molecule has 1 heterocycles. The van der Waals surface area contributed by atoms with E-state index in [0.29, 0.717) is 5.75 Å². The zero-order valence-electron chi connectivity index (χ0n) is 7.68. The third kappa shape index (κ3) is 2.66. The van der Waals surface area contributed by atoms with Crippen LogP contribution in [-0.2, 0) is 5.75 Å². The molecule has 6 heteroatoms. The molecule has 2 aromatic rings. The first-order valence-electron chi connectivity index (χ1n) is 4.18. The minimum Gasteiger partial charge on any atom is -0.396 e. The second-order valence-corrected chi connectivity index (χ2v) is 4.90.